The summed E-state index contributed by atoms with van der Waals surface area (Å²) in [6.45, 7) is 0.552. The molecule has 4 aromatic rings. The summed E-state index contributed by atoms with van der Waals surface area (Å²) in [5.41, 5.74) is 2.76. The fraction of sp³-hybridized carbons (Fsp3) is 0.100. The van der Waals surface area contributed by atoms with E-state index in [2.05, 4.69) is 15.1 Å². The van der Waals surface area contributed by atoms with Crippen LogP contribution >= 0.6 is 0 Å². The topological polar surface area (TPSA) is 79.1 Å². The largest absolute Gasteiger partial charge is 0.454 e. The van der Waals surface area contributed by atoms with Gasteiger partial charge in [-0.3, -0.25) is 14.8 Å². The van der Waals surface area contributed by atoms with Crippen molar-refractivity contribution < 1.29 is 9.47 Å². The van der Waals surface area contributed by atoms with Crippen LogP contribution in [0.2, 0.25) is 0 Å². The van der Waals surface area contributed by atoms with Gasteiger partial charge < -0.3 is 9.47 Å². The number of nitrogens with zero attached hydrogens (tertiary/aromatic N) is 4. The molecule has 7 heteroatoms. The van der Waals surface area contributed by atoms with Crippen molar-refractivity contribution in [2.75, 3.05) is 6.79 Å². The van der Waals surface area contributed by atoms with Crippen molar-refractivity contribution in [2.24, 2.45) is 0 Å². The van der Waals surface area contributed by atoms with Crippen molar-refractivity contribution in [1.29, 1.82) is 0 Å². The summed E-state index contributed by atoms with van der Waals surface area (Å²) in [6.07, 6.45) is 5.05. The van der Waals surface area contributed by atoms with Crippen LogP contribution in [0.5, 0.6) is 11.5 Å². The number of rotatable bonds is 3. The molecule has 0 aliphatic carbocycles. The second-order valence-corrected chi connectivity index (χ2v) is 6.13. The maximum Gasteiger partial charge on any atom is 0.276 e. The summed E-state index contributed by atoms with van der Waals surface area (Å²) in [7, 11) is 0. The van der Waals surface area contributed by atoms with Gasteiger partial charge in [0, 0.05) is 24.2 Å². The molecule has 0 saturated heterocycles. The summed E-state index contributed by atoms with van der Waals surface area (Å²) in [5, 5.41) is 5.14. The van der Waals surface area contributed by atoms with Crippen LogP contribution in [-0.4, -0.2) is 26.5 Å². The lowest BCUT2D eigenvalue weighted by molar-refractivity contribution is 0.174. The average molecular weight is 358 g/mol. The highest BCUT2D eigenvalue weighted by atomic mass is 16.7. The van der Waals surface area contributed by atoms with Crippen LogP contribution < -0.4 is 15.0 Å². The van der Waals surface area contributed by atoms with Crippen LogP contribution in [0.3, 0.4) is 0 Å². The second-order valence-electron chi connectivity index (χ2n) is 6.13. The molecule has 3 aromatic heterocycles. The Balaban J connectivity index is 1.71. The van der Waals surface area contributed by atoms with Crippen LogP contribution in [0.15, 0.2) is 65.8 Å². The molecular formula is C20H14N4O3. The predicted molar refractivity (Wildman–Crippen MR) is 98.7 cm³/mol. The van der Waals surface area contributed by atoms with E-state index in [4.69, 9.17) is 9.47 Å². The Morgan fingerprint density at radius 3 is 2.74 bits per heavy atom. The number of fused-ring (bicyclic) bond motifs is 2. The summed E-state index contributed by atoms with van der Waals surface area (Å²) >= 11 is 0. The Bertz CT molecular complexity index is 1200. The molecule has 132 valence electrons. The van der Waals surface area contributed by atoms with Crippen LogP contribution in [0, 0.1) is 0 Å². The first-order valence-electron chi connectivity index (χ1n) is 8.44. The molecule has 0 unspecified atom stereocenters. The average Bonchev–Trinajstić information content (AvgIpc) is 3.19. The SMILES string of the molecule is O=c1c2cccnc2c(-c2ccc3c(c2)OCO3)nn1Cc1ccncc1. The quantitative estimate of drug-likeness (QED) is 0.560. The van der Waals surface area contributed by atoms with E-state index < -0.39 is 0 Å². The van der Waals surface area contributed by atoms with Gasteiger partial charge in [0.1, 0.15) is 11.2 Å². The number of pyridine rings is 2. The minimum absolute atomic E-state index is 0.181. The molecule has 1 aliphatic rings. The van der Waals surface area contributed by atoms with Gasteiger partial charge in [0.25, 0.3) is 5.56 Å². The molecule has 0 saturated carbocycles. The third-order valence-corrected chi connectivity index (χ3v) is 4.45. The minimum atomic E-state index is -0.181. The van der Waals surface area contributed by atoms with E-state index in [9.17, 15) is 4.79 Å². The standard InChI is InChI=1S/C20H14N4O3/c25-20-15-2-1-7-22-19(15)18(14-3-4-16-17(10-14)27-12-26-16)23-24(20)11-13-5-8-21-9-6-13/h1-10H,11-12H2. The summed E-state index contributed by atoms with van der Waals surface area (Å²) in [6, 6.07) is 12.8. The Morgan fingerprint density at radius 1 is 1.00 bits per heavy atom. The van der Waals surface area contributed by atoms with Crippen molar-refractivity contribution in [3.8, 4) is 22.8 Å². The zero-order chi connectivity index (χ0) is 18.2. The van der Waals surface area contributed by atoms with Crippen molar-refractivity contribution in [2.45, 2.75) is 6.54 Å². The van der Waals surface area contributed by atoms with E-state index >= 15 is 0 Å². The molecule has 0 N–H and O–H groups in total. The Labute approximate surface area is 153 Å². The first kappa shape index (κ1) is 15.5. The molecule has 1 aliphatic heterocycles. The van der Waals surface area contributed by atoms with Gasteiger partial charge in [-0.05, 0) is 48.0 Å². The molecule has 0 radical (unpaired) electrons. The third kappa shape index (κ3) is 2.69. The van der Waals surface area contributed by atoms with E-state index in [1.165, 1.54) is 4.68 Å². The molecule has 1 aromatic carbocycles. The normalized spacial score (nSPS) is 12.4. The van der Waals surface area contributed by atoms with Gasteiger partial charge in [0.15, 0.2) is 11.5 Å². The maximum absolute atomic E-state index is 12.9. The highest BCUT2D eigenvalue weighted by Gasteiger charge is 2.18. The van der Waals surface area contributed by atoms with E-state index in [1.54, 1.807) is 30.7 Å². The minimum Gasteiger partial charge on any atom is -0.454 e. The van der Waals surface area contributed by atoms with Gasteiger partial charge in [-0.25, -0.2) is 4.68 Å². The van der Waals surface area contributed by atoms with Crippen LogP contribution in [-0.2, 0) is 6.54 Å². The van der Waals surface area contributed by atoms with Gasteiger partial charge in [-0.15, -0.1) is 0 Å². The van der Waals surface area contributed by atoms with Gasteiger partial charge in [0.05, 0.1) is 11.9 Å². The highest BCUT2D eigenvalue weighted by Crippen LogP contribution is 2.36. The fourth-order valence-corrected chi connectivity index (χ4v) is 3.13. The molecule has 0 amide bonds. The number of hydrogen-bond acceptors (Lipinski definition) is 6. The Morgan fingerprint density at radius 2 is 1.85 bits per heavy atom. The Kier molecular flexibility index (Phi) is 3.57. The third-order valence-electron chi connectivity index (χ3n) is 4.45. The second kappa shape index (κ2) is 6.21. The smallest absolute Gasteiger partial charge is 0.276 e. The molecular weight excluding hydrogens is 344 g/mol. The molecule has 0 atom stereocenters. The van der Waals surface area contributed by atoms with E-state index in [0.29, 0.717) is 34.6 Å². The summed E-state index contributed by atoms with van der Waals surface area (Å²) < 4.78 is 12.3. The van der Waals surface area contributed by atoms with Gasteiger partial charge in [-0.2, -0.15) is 5.10 Å². The molecule has 5 rings (SSSR count). The van der Waals surface area contributed by atoms with Gasteiger partial charge in [-0.1, -0.05) is 0 Å². The number of benzene rings is 1. The molecule has 7 nitrogen and oxygen atoms in total. The van der Waals surface area contributed by atoms with Crippen LogP contribution in [0.4, 0.5) is 0 Å². The van der Waals surface area contributed by atoms with Crippen LogP contribution in [0.25, 0.3) is 22.2 Å². The summed E-state index contributed by atoms with van der Waals surface area (Å²) in [5.74, 6) is 1.35. The molecule has 4 heterocycles. The lowest BCUT2D eigenvalue weighted by Gasteiger charge is -2.11. The van der Waals surface area contributed by atoms with Gasteiger partial charge in [0.2, 0.25) is 6.79 Å². The molecule has 27 heavy (non-hydrogen) atoms. The Hall–Kier alpha value is -3.74. The monoisotopic (exact) mass is 358 g/mol. The number of ether oxygens (including phenoxy) is 2. The van der Waals surface area contributed by atoms with Crippen molar-refractivity contribution in [1.82, 2.24) is 19.7 Å². The lowest BCUT2D eigenvalue weighted by atomic mass is 10.1. The van der Waals surface area contributed by atoms with Crippen molar-refractivity contribution >= 4 is 10.9 Å². The lowest BCUT2D eigenvalue weighted by Crippen LogP contribution is -2.24. The molecule has 0 spiro atoms. The van der Waals surface area contributed by atoms with E-state index in [1.807, 2.05) is 30.3 Å². The predicted octanol–water partition coefficient (Wildman–Crippen LogP) is 2.63. The summed E-state index contributed by atoms with van der Waals surface area (Å²) in [4.78, 5) is 21.3. The highest BCUT2D eigenvalue weighted by molar-refractivity contribution is 5.90. The number of hydrogen-bond donors (Lipinski definition) is 0. The zero-order valence-corrected chi connectivity index (χ0v) is 14.2. The molecule has 0 bridgehead atoms. The number of aromatic nitrogens is 4. The van der Waals surface area contributed by atoms with Crippen molar-refractivity contribution in [3.63, 3.8) is 0 Å². The van der Waals surface area contributed by atoms with Gasteiger partial charge >= 0.3 is 0 Å². The first-order chi connectivity index (χ1) is 13.3. The van der Waals surface area contributed by atoms with Crippen LogP contribution in [0.1, 0.15) is 5.56 Å². The molecule has 0 fully saturated rings. The maximum atomic E-state index is 12.9. The fourth-order valence-electron chi connectivity index (χ4n) is 3.13. The first-order valence-corrected chi connectivity index (χ1v) is 8.44. The zero-order valence-electron chi connectivity index (χ0n) is 14.2. The van der Waals surface area contributed by atoms with E-state index in [0.717, 1.165) is 11.1 Å². The van der Waals surface area contributed by atoms with E-state index in [-0.39, 0.29) is 12.4 Å². The van der Waals surface area contributed by atoms with Crippen molar-refractivity contribution in [3.05, 3.63) is 77.0 Å².